The monoisotopic (exact) mass is 385 g/mol. The Morgan fingerprint density at radius 3 is 2.19 bits per heavy atom. The molecule has 0 bridgehead atoms. The highest BCUT2D eigenvalue weighted by molar-refractivity contribution is 8.15. The smallest absolute Gasteiger partial charge is 0.339 e. The molecule has 2 aromatic carbocycles. The Morgan fingerprint density at radius 1 is 1.00 bits per heavy atom. The zero-order chi connectivity index (χ0) is 19.6. The minimum Gasteiger partial charge on any atom is -0.468 e. The predicted octanol–water partition coefficient (Wildman–Crippen LogP) is 3.30. The highest BCUT2D eigenvalue weighted by atomic mass is 32.2. The summed E-state index contributed by atoms with van der Waals surface area (Å²) in [6, 6.07) is 16.8. The number of carbonyl (C=O) groups is 3. The van der Waals surface area contributed by atoms with Crippen molar-refractivity contribution in [1.82, 2.24) is 5.43 Å². The first kappa shape index (κ1) is 20.2. The molecule has 8 heteroatoms. The lowest BCUT2D eigenvalue weighted by atomic mass is 10.2. The Kier molecular flexibility index (Phi) is 7.57. The molecule has 2 rings (SSSR count). The van der Waals surface area contributed by atoms with Crippen molar-refractivity contribution < 1.29 is 19.1 Å². The summed E-state index contributed by atoms with van der Waals surface area (Å²) < 4.78 is 4.75. The van der Waals surface area contributed by atoms with Crippen LogP contribution in [0.1, 0.15) is 17.3 Å². The van der Waals surface area contributed by atoms with Gasteiger partial charge in [-0.25, -0.2) is 10.2 Å². The van der Waals surface area contributed by atoms with E-state index in [1.807, 2.05) is 6.07 Å². The standard InChI is InChI=1S/C19H19N3O4S/c1-13(21-22-19(25)20-15-11-7-4-8-12-15)16(17(23)26-2)27-18(24)14-9-5-3-6-10-14/h3-12,16H,1-2H3,(H2,20,22,25)/b21-13+. The molecule has 2 N–H and O–H groups in total. The van der Waals surface area contributed by atoms with E-state index >= 15 is 0 Å². The van der Waals surface area contributed by atoms with Crippen LogP contribution in [-0.4, -0.2) is 35.2 Å². The number of amides is 2. The van der Waals surface area contributed by atoms with Crippen molar-refractivity contribution in [3.63, 3.8) is 0 Å². The number of benzene rings is 2. The van der Waals surface area contributed by atoms with Crippen molar-refractivity contribution in [2.75, 3.05) is 12.4 Å². The van der Waals surface area contributed by atoms with Gasteiger partial charge in [-0.05, 0) is 19.1 Å². The first-order valence-corrected chi connectivity index (χ1v) is 8.89. The molecule has 140 valence electrons. The van der Waals surface area contributed by atoms with Gasteiger partial charge in [0.2, 0.25) is 5.12 Å². The van der Waals surface area contributed by atoms with Crippen LogP contribution in [0.15, 0.2) is 65.8 Å². The molecule has 0 aliphatic carbocycles. The average molecular weight is 385 g/mol. The molecule has 1 unspecified atom stereocenters. The number of hydrazone groups is 1. The van der Waals surface area contributed by atoms with Gasteiger partial charge in [-0.3, -0.25) is 9.59 Å². The number of hydrogen-bond acceptors (Lipinski definition) is 6. The molecular weight excluding hydrogens is 366 g/mol. The summed E-state index contributed by atoms with van der Waals surface area (Å²) in [6.45, 7) is 1.54. The normalized spacial score (nSPS) is 12.0. The number of nitrogens with one attached hydrogen (secondary N) is 2. The fourth-order valence-corrected chi connectivity index (χ4v) is 2.94. The number of thioether (sulfide) groups is 1. The van der Waals surface area contributed by atoms with Crippen molar-refractivity contribution in [2.24, 2.45) is 5.10 Å². The van der Waals surface area contributed by atoms with E-state index in [-0.39, 0.29) is 10.8 Å². The van der Waals surface area contributed by atoms with Gasteiger partial charge < -0.3 is 10.1 Å². The Morgan fingerprint density at radius 2 is 1.59 bits per heavy atom. The summed E-state index contributed by atoms with van der Waals surface area (Å²) in [5, 5.41) is 5.25. The molecule has 2 aromatic rings. The van der Waals surface area contributed by atoms with Gasteiger partial charge in [-0.15, -0.1) is 0 Å². The maximum absolute atomic E-state index is 12.4. The van der Waals surface area contributed by atoms with Gasteiger partial charge in [0.1, 0.15) is 5.25 Å². The van der Waals surface area contributed by atoms with Crippen molar-refractivity contribution >= 4 is 40.3 Å². The van der Waals surface area contributed by atoms with Gasteiger partial charge in [0.25, 0.3) is 0 Å². The third kappa shape index (κ3) is 6.27. The lowest BCUT2D eigenvalue weighted by Gasteiger charge is -2.13. The van der Waals surface area contributed by atoms with Gasteiger partial charge in [0.15, 0.2) is 0 Å². The van der Waals surface area contributed by atoms with E-state index in [9.17, 15) is 14.4 Å². The van der Waals surface area contributed by atoms with Crippen LogP contribution >= 0.6 is 11.8 Å². The molecule has 0 saturated carbocycles. The molecular formula is C19H19N3O4S. The van der Waals surface area contributed by atoms with Crippen molar-refractivity contribution in [3.8, 4) is 0 Å². The Hall–Kier alpha value is -3.13. The summed E-state index contributed by atoms with van der Waals surface area (Å²) in [6.07, 6.45) is 0. The van der Waals surface area contributed by atoms with E-state index in [0.29, 0.717) is 11.3 Å². The minimum atomic E-state index is -0.972. The number of ether oxygens (including phenoxy) is 1. The number of hydrogen-bond donors (Lipinski definition) is 2. The number of methoxy groups -OCH3 is 1. The van der Waals surface area contributed by atoms with Gasteiger partial charge in [-0.1, -0.05) is 60.3 Å². The van der Waals surface area contributed by atoms with Crippen molar-refractivity contribution in [1.29, 1.82) is 0 Å². The SMILES string of the molecule is COC(=O)C(SC(=O)c1ccccc1)/C(C)=N/NC(=O)Nc1ccccc1. The van der Waals surface area contributed by atoms with E-state index in [2.05, 4.69) is 15.8 Å². The van der Waals surface area contributed by atoms with Gasteiger partial charge >= 0.3 is 12.0 Å². The summed E-state index contributed by atoms with van der Waals surface area (Å²) in [5.74, 6) is -0.629. The molecule has 0 saturated heterocycles. The summed E-state index contributed by atoms with van der Waals surface area (Å²) in [7, 11) is 1.23. The van der Waals surface area contributed by atoms with Gasteiger partial charge in [0.05, 0.1) is 12.8 Å². The Balaban J connectivity index is 2.04. The number of anilines is 1. The molecule has 0 heterocycles. The minimum absolute atomic E-state index is 0.236. The largest absolute Gasteiger partial charge is 0.468 e. The zero-order valence-corrected chi connectivity index (χ0v) is 15.7. The van der Waals surface area contributed by atoms with Gasteiger partial charge in [-0.2, -0.15) is 5.10 Å². The second-order valence-corrected chi connectivity index (χ2v) is 6.44. The fraction of sp³-hybridized carbons (Fsp3) is 0.158. The molecule has 27 heavy (non-hydrogen) atoms. The molecule has 0 spiro atoms. The number of urea groups is 1. The molecule has 2 amide bonds. The molecule has 1 atom stereocenters. The van der Waals surface area contributed by atoms with Crippen LogP contribution in [-0.2, 0) is 9.53 Å². The predicted molar refractivity (Wildman–Crippen MR) is 106 cm³/mol. The lowest BCUT2D eigenvalue weighted by molar-refractivity contribution is -0.138. The number of para-hydroxylation sites is 1. The number of rotatable bonds is 6. The quantitative estimate of drug-likeness (QED) is 0.452. The summed E-state index contributed by atoms with van der Waals surface area (Å²) in [4.78, 5) is 36.3. The first-order valence-electron chi connectivity index (χ1n) is 8.01. The van der Waals surface area contributed by atoms with E-state index in [1.54, 1.807) is 54.6 Å². The molecule has 7 nitrogen and oxygen atoms in total. The van der Waals surface area contributed by atoms with Gasteiger partial charge in [0, 0.05) is 11.3 Å². The number of carbonyl (C=O) groups excluding carboxylic acids is 3. The van der Waals surface area contributed by atoms with Crippen molar-refractivity contribution in [2.45, 2.75) is 12.2 Å². The Bertz CT molecular complexity index is 825. The Labute approximate surface area is 161 Å². The van der Waals surface area contributed by atoms with E-state index < -0.39 is 17.3 Å². The number of esters is 1. The third-order valence-corrected chi connectivity index (χ3v) is 4.61. The van der Waals surface area contributed by atoms with Crippen LogP contribution < -0.4 is 10.7 Å². The summed E-state index contributed by atoms with van der Waals surface area (Å²) >= 11 is 0.778. The average Bonchev–Trinajstić information content (AvgIpc) is 2.71. The van der Waals surface area contributed by atoms with Crippen molar-refractivity contribution in [3.05, 3.63) is 66.2 Å². The van der Waals surface area contributed by atoms with E-state index in [0.717, 1.165) is 11.8 Å². The molecule has 0 aliphatic rings. The topological polar surface area (TPSA) is 96.9 Å². The second kappa shape index (κ2) is 10.1. The third-order valence-electron chi connectivity index (χ3n) is 3.39. The first-order chi connectivity index (χ1) is 13.0. The molecule has 0 fully saturated rings. The van der Waals surface area contributed by atoms with Crippen LogP contribution in [0.2, 0.25) is 0 Å². The highest BCUT2D eigenvalue weighted by Crippen LogP contribution is 2.20. The molecule has 0 aliphatic heterocycles. The van der Waals surface area contributed by atoms with E-state index in [1.165, 1.54) is 14.0 Å². The lowest BCUT2D eigenvalue weighted by Crippen LogP contribution is -2.32. The van der Waals surface area contributed by atoms with Crippen LogP contribution in [0, 0.1) is 0 Å². The molecule has 0 aromatic heterocycles. The maximum Gasteiger partial charge on any atom is 0.339 e. The van der Waals surface area contributed by atoms with E-state index in [4.69, 9.17) is 4.74 Å². The zero-order valence-electron chi connectivity index (χ0n) is 14.8. The van der Waals surface area contributed by atoms with Crippen LogP contribution in [0.3, 0.4) is 0 Å². The number of nitrogens with zero attached hydrogens (tertiary/aromatic N) is 1. The van der Waals surface area contributed by atoms with Crippen LogP contribution in [0.4, 0.5) is 10.5 Å². The second-order valence-electron chi connectivity index (χ2n) is 5.36. The van der Waals surface area contributed by atoms with Crippen LogP contribution in [0.5, 0.6) is 0 Å². The maximum atomic E-state index is 12.4. The van der Waals surface area contributed by atoms with Crippen LogP contribution in [0.25, 0.3) is 0 Å². The fourth-order valence-electron chi connectivity index (χ4n) is 2.04. The summed E-state index contributed by atoms with van der Waals surface area (Å²) in [5.41, 5.74) is 3.60. The highest BCUT2D eigenvalue weighted by Gasteiger charge is 2.27. The molecule has 0 radical (unpaired) electrons.